The molecule has 2 nitrogen and oxygen atoms in total. The van der Waals surface area contributed by atoms with Crippen molar-refractivity contribution in [3.63, 3.8) is 0 Å². The molecule has 1 saturated carbocycles. The second kappa shape index (κ2) is 3.57. The molecule has 0 amide bonds. The lowest BCUT2D eigenvalue weighted by Crippen LogP contribution is -2.41. The van der Waals surface area contributed by atoms with Gasteiger partial charge in [0.15, 0.2) is 8.32 Å². The highest BCUT2D eigenvalue weighted by molar-refractivity contribution is 6.74. The Morgan fingerprint density at radius 2 is 1.73 bits per heavy atom. The SMILES string of the molecule is CC(C)(C)[Si](C)(C)OCC1[C@H]2CNC[C@@H]12. The van der Waals surface area contributed by atoms with Gasteiger partial charge in [0.25, 0.3) is 0 Å². The van der Waals surface area contributed by atoms with E-state index in [4.69, 9.17) is 4.43 Å². The van der Waals surface area contributed by atoms with Crippen molar-refractivity contribution in [1.82, 2.24) is 5.32 Å². The number of hydrogen-bond donors (Lipinski definition) is 1. The zero-order valence-electron chi connectivity index (χ0n) is 10.8. The van der Waals surface area contributed by atoms with E-state index in [1.54, 1.807) is 0 Å². The minimum atomic E-state index is -1.50. The normalized spacial score (nSPS) is 35.4. The van der Waals surface area contributed by atoms with Gasteiger partial charge in [0.05, 0.1) is 0 Å². The average molecular weight is 227 g/mol. The van der Waals surface area contributed by atoms with Crippen LogP contribution in [0.4, 0.5) is 0 Å². The summed E-state index contributed by atoms with van der Waals surface area (Å²) in [6, 6.07) is 0. The van der Waals surface area contributed by atoms with Crippen molar-refractivity contribution in [2.75, 3.05) is 19.7 Å². The van der Waals surface area contributed by atoms with E-state index >= 15 is 0 Å². The van der Waals surface area contributed by atoms with Gasteiger partial charge in [-0.15, -0.1) is 0 Å². The van der Waals surface area contributed by atoms with Crippen LogP contribution in [0, 0.1) is 17.8 Å². The summed E-state index contributed by atoms with van der Waals surface area (Å²) in [5.74, 6) is 2.75. The van der Waals surface area contributed by atoms with Gasteiger partial charge in [-0.1, -0.05) is 20.8 Å². The molecule has 1 aliphatic heterocycles. The van der Waals surface area contributed by atoms with Crippen molar-refractivity contribution in [2.24, 2.45) is 17.8 Å². The number of hydrogen-bond acceptors (Lipinski definition) is 2. The Morgan fingerprint density at radius 1 is 1.20 bits per heavy atom. The Hall–Kier alpha value is 0.137. The number of piperidine rings is 1. The fourth-order valence-electron chi connectivity index (χ4n) is 2.31. The monoisotopic (exact) mass is 227 g/mol. The highest BCUT2D eigenvalue weighted by Gasteiger charge is 2.53. The highest BCUT2D eigenvalue weighted by atomic mass is 28.4. The molecule has 15 heavy (non-hydrogen) atoms. The van der Waals surface area contributed by atoms with Crippen molar-refractivity contribution in [2.45, 2.75) is 38.9 Å². The molecule has 2 aliphatic rings. The third kappa shape index (κ3) is 2.15. The van der Waals surface area contributed by atoms with Gasteiger partial charge in [-0.25, -0.2) is 0 Å². The van der Waals surface area contributed by atoms with Crippen LogP contribution >= 0.6 is 0 Å². The second-order valence-corrected chi connectivity index (χ2v) is 11.5. The van der Waals surface area contributed by atoms with Gasteiger partial charge >= 0.3 is 0 Å². The van der Waals surface area contributed by atoms with E-state index in [0.717, 1.165) is 24.4 Å². The van der Waals surface area contributed by atoms with Gasteiger partial charge in [-0.3, -0.25) is 0 Å². The summed E-state index contributed by atoms with van der Waals surface area (Å²) in [5.41, 5.74) is 0. The lowest BCUT2D eigenvalue weighted by Gasteiger charge is -2.36. The Labute approximate surface area is 94.9 Å². The van der Waals surface area contributed by atoms with Gasteiger partial charge in [0, 0.05) is 6.61 Å². The molecule has 0 aromatic rings. The van der Waals surface area contributed by atoms with E-state index in [0.29, 0.717) is 5.04 Å². The van der Waals surface area contributed by atoms with E-state index in [9.17, 15) is 0 Å². The zero-order chi connectivity index (χ0) is 11.3. The van der Waals surface area contributed by atoms with Crippen molar-refractivity contribution in [3.05, 3.63) is 0 Å². The molecule has 1 unspecified atom stereocenters. The van der Waals surface area contributed by atoms with Gasteiger partial charge in [-0.05, 0) is 49.0 Å². The molecular weight excluding hydrogens is 202 g/mol. The summed E-state index contributed by atoms with van der Waals surface area (Å²) in [6.07, 6.45) is 0. The van der Waals surface area contributed by atoms with E-state index in [2.05, 4.69) is 39.2 Å². The first kappa shape index (κ1) is 11.6. The third-order valence-corrected chi connectivity index (χ3v) is 9.21. The molecule has 0 bridgehead atoms. The maximum Gasteiger partial charge on any atom is 0.191 e. The average Bonchev–Trinajstić information content (AvgIpc) is 2.56. The van der Waals surface area contributed by atoms with Crippen LogP contribution in [0.2, 0.25) is 18.1 Å². The standard InChI is InChI=1S/C12H25NOSi/c1-12(2,3)15(4,5)14-8-11-9-6-13-7-10(9)11/h9-11,13H,6-8H2,1-5H3/t9-,10+,11?. The van der Waals surface area contributed by atoms with Crippen molar-refractivity contribution in [1.29, 1.82) is 0 Å². The fraction of sp³-hybridized carbons (Fsp3) is 1.00. The summed E-state index contributed by atoms with van der Waals surface area (Å²) in [7, 11) is -1.50. The molecule has 0 aromatic heterocycles. The maximum absolute atomic E-state index is 6.27. The van der Waals surface area contributed by atoms with E-state index in [-0.39, 0.29) is 0 Å². The van der Waals surface area contributed by atoms with E-state index in [1.165, 1.54) is 13.1 Å². The zero-order valence-corrected chi connectivity index (χ0v) is 11.8. The Morgan fingerprint density at radius 3 is 2.20 bits per heavy atom. The molecule has 0 spiro atoms. The lowest BCUT2D eigenvalue weighted by molar-refractivity contribution is 0.256. The first-order valence-electron chi connectivity index (χ1n) is 6.17. The minimum Gasteiger partial charge on any atom is -0.417 e. The van der Waals surface area contributed by atoms with E-state index < -0.39 is 8.32 Å². The maximum atomic E-state index is 6.27. The fourth-order valence-corrected chi connectivity index (χ4v) is 3.36. The van der Waals surface area contributed by atoms with Gasteiger partial charge in [0.2, 0.25) is 0 Å². The molecule has 3 atom stereocenters. The number of nitrogens with one attached hydrogen (secondary N) is 1. The largest absolute Gasteiger partial charge is 0.417 e. The number of fused-ring (bicyclic) bond motifs is 1. The summed E-state index contributed by atoms with van der Waals surface area (Å²) in [6.45, 7) is 15.1. The molecule has 0 radical (unpaired) electrons. The van der Waals surface area contributed by atoms with Crippen LogP contribution in [0.15, 0.2) is 0 Å². The summed E-state index contributed by atoms with van der Waals surface area (Å²) in [4.78, 5) is 0. The summed E-state index contributed by atoms with van der Waals surface area (Å²) >= 11 is 0. The quantitative estimate of drug-likeness (QED) is 0.748. The van der Waals surface area contributed by atoms with Crippen molar-refractivity contribution in [3.8, 4) is 0 Å². The smallest absolute Gasteiger partial charge is 0.191 e. The Balaban J connectivity index is 1.79. The van der Waals surface area contributed by atoms with Gasteiger partial charge in [-0.2, -0.15) is 0 Å². The first-order valence-corrected chi connectivity index (χ1v) is 9.08. The van der Waals surface area contributed by atoms with Crippen LogP contribution in [0.5, 0.6) is 0 Å². The molecular formula is C12H25NOSi. The van der Waals surface area contributed by atoms with Crippen LogP contribution in [-0.2, 0) is 4.43 Å². The molecule has 1 N–H and O–H groups in total. The van der Waals surface area contributed by atoms with Crippen LogP contribution < -0.4 is 5.32 Å². The van der Waals surface area contributed by atoms with Crippen LogP contribution in [0.25, 0.3) is 0 Å². The van der Waals surface area contributed by atoms with Gasteiger partial charge < -0.3 is 9.74 Å². The number of rotatable bonds is 3. The van der Waals surface area contributed by atoms with Crippen LogP contribution in [0.3, 0.4) is 0 Å². The Bertz CT molecular complexity index is 236. The molecule has 2 rings (SSSR count). The Kier molecular flexibility index (Phi) is 2.77. The molecule has 1 saturated heterocycles. The summed E-state index contributed by atoms with van der Waals surface area (Å²) in [5, 5.41) is 3.79. The molecule has 2 fully saturated rings. The predicted molar refractivity (Wildman–Crippen MR) is 66.5 cm³/mol. The van der Waals surface area contributed by atoms with E-state index in [1.807, 2.05) is 0 Å². The lowest BCUT2D eigenvalue weighted by atomic mass is 10.2. The minimum absolute atomic E-state index is 0.356. The molecule has 1 aliphatic carbocycles. The van der Waals surface area contributed by atoms with Crippen molar-refractivity contribution >= 4 is 8.32 Å². The molecule has 88 valence electrons. The molecule has 0 aromatic carbocycles. The topological polar surface area (TPSA) is 21.3 Å². The summed E-state index contributed by atoms with van der Waals surface area (Å²) < 4.78 is 6.27. The second-order valence-electron chi connectivity index (χ2n) is 6.72. The first-order chi connectivity index (χ1) is 6.83. The van der Waals surface area contributed by atoms with Crippen LogP contribution in [0.1, 0.15) is 20.8 Å². The third-order valence-electron chi connectivity index (χ3n) is 4.71. The van der Waals surface area contributed by atoms with Crippen LogP contribution in [-0.4, -0.2) is 28.0 Å². The molecule has 1 heterocycles. The predicted octanol–water partition coefficient (Wildman–Crippen LogP) is 2.47. The highest BCUT2D eigenvalue weighted by Crippen LogP contribution is 2.49. The van der Waals surface area contributed by atoms with Crippen molar-refractivity contribution < 1.29 is 4.43 Å². The molecule has 3 heteroatoms. The van der Waals surface area contributed by atoms with Gasteiger partial charge in [0.1, 0.15) is 0 Å².